The first-order valence-electron chi connectivity index (χ1n) is 10.2. The van der Waals surface area contributed by atoms with E-state index >= 15 is 0 Å². The van der Waals surface area contributed by atoms with Crippen molar-refractivity contribution in [2.45, 2.75) is 57.0 Å². The van der Waals surface area contributed by atoms with E-state index in [2.05, 4.69) is 20.9 Å². The molecule has 1 heterocycles. The largest absolute Gasteiger partial charge is 1.00 e. The Morgan fingerprint density at radius 2 is 1.39 bits per heavy atom. The Morgan fingerprint density at radius 3 is 1.79 bits per heavy atom. The van der Waals surface area contributed by atoms with Crippen LogP contribution in [0.1, 0.15) is 50.7 Å². The Labute approximate surface area is 180 Å². The monoisotopic (exact) mass is 444 g/mol. The van der Waals surface area contributed by atoms with E-state index in [0.29, 0.717) is 12.1 Å². The summed E-state index contributed by atoms with van der Waals surface area (Å²) < 4.78 is 1.01. The van der Waals surface area contributed by atoms with Gasteiger partial charge in [0.25, 0.3) is 0 Å². The molecule has 2 aromatic rings. The number of benzene rings is 2. The van der Waals surface area contributed by atoms with Crippen LogP contribution in [0.2, 0.25) is 0 Å². The molecule has 0 saturated carbocycles. The standard InChI is InChI=1S/C24H32N2O.BrH/c1-19-11-10-12-20(2)26(19,3)18-17-24(23(25)27,21-13-6-4-7-14-21)22-15-8-5-9-16-22;/h4-9,13-16,19-20H,10-12,17-18H2,1-3H3,(H-,25,27);1H. The molecule has 0 aliphatic carbocycles. The minimum Gasteiger partial charge on any atom is -1.00 e. The van der Waals surface area contributed by atoms with Gasteiger partial charge in [0.2, 0.25) is 5.91 Å². The normalized spacial score (nSPS) is 25.0. The Bertz CT molecular complexity index is 713. The molecule has 2 unspecified atom stereocenters. The Hall–Kier alpha value is -1.65. The predicted molar refractivity (Wildman–Crippen MR) is 111 cm³/mol. The number of amides is 1. The van der Waals surface area contributed by atoms with E-state index in [9.17, 15) is 4.79 Å². The molecule has 0 spiro atoms. The Kier molecular flexibility index (Phi) is 7.46. The van der Waals surface area contributed by atoms with Gasteiger partial charge in [0, 0.05) is 6.42 Å². The van der Waals surface area contributed by atoms with Gasteiger partial charge in [-0.05, 0) is 44.2 Å². The first-order valence-corrected chi connectivity index (χ1v) is 10.2. The van der Waals surface area contributed by atoms with Gasteiger partial charge >= 0.3 is 0 Å². The van der Waals surface area contributed by atoms with Crippen molar-refractivity contribution < 1.29 is 26.3 Å². The number of carbonyl (C=O) groups excluding carboxylic acids is 1. The number of carbonyl (C=O) groups is 1. The molecule has 0 radical (unpaired) electrons. The van der Waals surface area contributed by atoms with E-state index in [1.807, 2.05) is 60.7 Å². The van der Waals surface area contributed by atoms with Gasteiger partial charge in [-0.3, -0.25) is 4.79 Å². The smallest absolute Gasteiger partial charge is 0.232 e. The molecule has 152 valence electrons. The Balaban J connectivity index is 0.00000280. The lowest BCUT2D eigenvalue weighted by Gasteiger charge is -2.49. The summed E-state index contributed by atoms with van der Waals surface area (Å²) in [6, 6.07) is 21.3. The minimum atomic E-state index is -0.791. The van der Waals surface area contributed by atoms with Crippen molar-refractivity contribution >= 4 is 5.91 Å². The van der Waals surface area contributed by atoms with Crippen LogP contribution in [0.15, 0.2) is 60.7 Å². The van der Waals surface area contributed by atoms with Crippen LogP contribution in [-0.4, -0.2) is 36.1 Å². The number of piperidine rings is 1. The van der Waals surface area contributed by atoms with Crippen molar-refractivity contribution in [1.29, 1.82) is 0 Å². The van der Waals surface area contributed by atoms with Crippen molar-refractivity contribution in [1.82, 2.24) is 0 Å². The molecule has 0 bridgehead atoms. The molecule has 1 aliphatic rings. The average Bonchev–Trinajstić information content (AvgIpc) is 2.68. The van der Waals surface area contributed by atoms with E-state index in [4.69, 9.17) is 5.73 Å². The predicted octanol–water partition coefficient (Wildman–Crippen LogP) is 1.26. The molecular formula is C24H33BrN2O. The highest BCUT2D eigenvalue weighted by Crippen LogP contribution is 2.38. The number of primary amides is 1. The maximum atomic E-state index is 13.0. The van der Waals surface area contributed by atoms with Gasteiger partial charge in [-0.15, -0.1) is 0 Å². The number of hydrogen-bond acceptors (Lipinski definition) is 1. The van der Waals surface area contributed by atoms with Gasteiger partial charge < -0.3 is 27.2 Å². The van der Waals surface area contributed by atoms with Crippen molar-refractivity contribution in [2.24, 2.45) is 5.73 Å². The molecule has 1 amide bonds. The second-order valence-corrected chi connectivity index (χ2v) is 8.45. The van der Waals surface area contributed by atoms with E-state index in [-0.39, 0.29) is 22.9 Å². The summed E-state index contributed by atoms with van der Waals surface area (Å²) in [6.45, 7) is 5.65. The average molecular weight is 445 g/mol. The highest BCUT2D eigenvalue weighted by molar-refractivity contribution is 5.90. The summed E-state index contributed by atoms with van der Waals surface area (Å²) in [5.74, 6) is -0.260. The molecule has 3 nitrogen and oxygen atoms in total. The lowest BCUT2D eigenvalue weighted by atomic mass is 9.71. The van der Waals surface area contributed by atoms with E-state index in [1.54, 1.807) is 0 Å². The van der Waals surface area contributed by atoms with Gasteiger partial charge in [0.05, 0.1) is 25.7 Å². The molecule has 1 saturated heterocycles. The fourth-order valence-corrected chi connectivity index (χ4v) is 4.89. The van der Waals surface area contributed by atoms with Crippen LogP contribution in [-0.2, 0) is 10.2 Å². The molecule has 4 heteroatoms. The fraction of sp³-hybridized carbons (Fsp3) is 0.458. The molecule has 2 aromatic carbocycles. The van der Waals surface area contributed by atoms with Crippen molar-refractivity contribution in [2.75, 3.05) is 13.6 Å². The molecule has 1 aliphatic heterocycles. The summed E-state index contributed by atoms with van der Waals surface area (Å²) in [5, 5.41) is 0. The zero-order valence-corrected chi connectivity index (χ0v) is 18.9. The fourth-order valence-electron chi connectivity index (χ4n) is 4.89. The lowest BCUT2D eigenvalue weighted by Crippen LogP contribution is -3.00. The molecule has 0 aromatic heterocycles. The highest BCUT2D eigenvalue weighted by Gasteiger charge is 2.45. The van der Waals surface area contributed by atoms with Gasteiger partial charge in [0.15, 0.2) is 0 Å². The first kappa shape index (κ1) is 22.6. The summed E-state index contributed by atoms with van der Waals surface area (Å²) in [7, 11) is 2.36. The maximum Gasteiger partial charge on any atom is 0.232 e. The topological polar surface area (TPSA) is 43.1 Å². The van der Waals surface area contributed by atoms with Crippen molar-refractivity contribution in [3.63, 3.8) is 0 Å². The quantitative estimate of drug-likeness (QED) is 0.669. The van der Waals surface area contributed by atoms with E-state index in [0.717, 1.165) is 28.6 Å². The van der Waals surface area contributed by atoms with Gasteiger partial charge in [-0.2, -0.15) is 0 Å². The number of quaternary nitrogens is 1. The summed E-state index contributed by atoms with van der Waals surface area (Å²) in [5.41, 5.74) is 7.31. The third kappa shape index (κ3) is 4.04. The van der Waals surface area contributed by atoms with Gasteiger partial charge in [-0.1, -0.05) is 60.7 Å². The zero-order chi connectivity index (χ0) is 19.5. The number of likely N-dealkylation sites (tertiary alicyclic amines) is 1. The molecule has 1 fully saturated rings. The molecule has 2 atom stereocenters. The second-order valence-electron chi connectivity index (χ2n) is 8.45. The second kappa shape index (κ2) is 9.23. The van der Waals surface area contributed by atoms with Gasteiger partial charge in [-0.25, -0.2) is 0 Å². The third-order valence-electron chi connectivity index (χ3n) is 7.18. The Morgan fingerprint density at radius 1 is 0.964 bits per heavy atom. The van der Waals surface area contributed by atoms with Crippen molar-refractivity contribution in [3.05, 3.63) is 71.8 Å². The number of halogens is 1. The number of nitrogens with zero attached hydrogens (tertiary/aromatic N) is 1. The molecule has 28 heavy (non-hydrogen) atoms. The van der Waals surface area contributed by atoms with Crippen molar-refractivity contribution in [3.8, 4) is 0 Å². The van der Waals surface area contributed by atoms with E-state index < -0.39 is 5.41 Å². The number of nitrogens with two attached hydrogens (primary N) is 1. The summed E-state index contributed by atoms with van der Waals surface area (Å²) >= 11 is 0. The summed E-state index contributed by atoms with van der Waals surface area (Å²) in [6.07, 6.45) is 4.53. The van der Waals surface area contributed by atoms with E-state index in [1.165, 1.54) is 19.3 Å². The number of rotatable bonds is 6. The lowest BCUT2D eigenvalue weighted by molar-refractivity contribution is -0.958. The number of hydrogen-bond donors (Lipinski definition) is 1. The minimum absolute atomic E-state index is 0. The van der Waals surface area contributed by atoms with Crippen LogP contribution < -0.4 is 22.7 Å². The highest BCUT2D eigenvalue weighted by atomic mass is 79.9. The van der Waals surface area contributed by atoms with Gasteiger partial charge in [0.1, 0.15) is 5.41 Å². The van der Waals surface area contributed by atoms with Crippen LogP contribution in [0.3, 0.4) is 0 Å². The van der Waals surface area contributed by atoms with Crippen LogP contribution in [0, 0.1) is 0 Å². The zero-order valence-electron chi connectivity index (χ0n) is 17.3. The third-order valence-corrected chi connectivity index (χ3v) is 7.18. The van der Waals surface area contributed by atoms with Crippen LogP contribution >= 0.6 is 0 Å². The molecular weight excluding hydrogens is 412 g/mol. The maximum absolute atomic E-state index is 13.0. The summed E-state index contributed by atoms with van der Waals surface area (Å²) in [4.78, 5) is 13.0. The SMILES string of the molecule is CC1CCCC(C)[N+]1(C)CCC(C(N)=O)(c1ccccc1)c1ccccc1.[Br-]. The van der Waals surface area contributed by atoms with Crippen LogP contribution in [0.5, 0.6) is 0 Å². The van der Waals surface area contributed by atoms with Crippen LogP contribution in [0.25, 0.3) is 0 Å². The van der Waals surface area contributed by atoms with Crippen LogP contribution in [0.4, 0.5) is 0 Å². The molecule has 2 N–H and O–H groups in total. The molecule has 3 rings (SSSR count). The first-order chi connectivity index (χ1) is 12.9.